The number of carboxylic acids is 1. The normalized spacial score (nSPS) is 13.3. The van der Waals surface area contributed by atoms with Gasteiger partial charge in [-0.25, -0.2) is 9.48 Å². The number of halogens is 1. The van der Waals surface area contributed by atoms with E-state index in [0.29, 0.717) is 17.0 Å². The van der Waals surface area contributed by atoms with Crippen molar-refractivity contribution in [3.8, 4) is 5.69 Å². The highest BCUT2D eigenvalue weighted by molar-refractivity contribution is 6.30. The number of amides is 1. The number of rotatable bonds is 6. The van der Waals surface area contributed by atoms with Gasteiger partial charge in [-0.05, 0) is 30.2 Å². The Morgan fingerprint density at radius 2 is 2.00 bits per heavy atom. The van der Waals surface area contributed by atoms with Crippen LogP contribution in [-0.4, -0.2) is 32.8 Å². The van der Waals surface area contributed by atoms with Crippen LogP contribution in [0.4, 0.5) is 0 Å². The molecule has 0 spiro atoms. The van der Waals surface area contributed by atoms with Crippen molar-refractivity contribution in [2.45, 2.75) is 26.3 Å². The zero-order valence-electron chi connectivity index (χ0n) is 12.9. The molecule has 2 N–H and O–H groups in total. The molecule has 0 aliphatic rings. The van der Waals surface area contributed by atoms with Gasteiger partial charge in [0.05, 0.1) is 17.4 Å². The SMILES string of the molecule is CC[C@H](C)[C@H](NC(=O)c1cnn(-c2ccc(Cl)cc2)c1)C(=O)O. The number of benzene rings is 1. The largest absolute Gasteiger partial charge is 0.480 e. The first-order chi connectivity index (χ1) is 10.9. The molecule has 0 saturated carbocycles. The Morgan fingerprint density at radius 1 is 1.35 bits per heavy atom. The number of carbonyl (C=O) groups excluding carboxylic acids is 1. The first kappa shape index (κ1) is 17.0. The lowest BCUT2D eigenvalue weighted by atomic mass is 9.99. The Kier molecular flexibility index (Phi) is 5.39. The van der Waals surface area contributed by atoms with Crippen molar-refractivity contribution >= 4 is 23.5 Å². The number of carboxylic acid groups (broad SMARTS) is 1. The van der Waals surface area contributed by atoms with Crippen LogP contribution in [-0.2, 0) is 4.79 Å². The maximum absolute atomic E-state index is 12.2. The minimum Gasteiger partial charge on any atom is -0.480 e. The lowest BCUT2D eigenvalue weighted by Crippen LogP contribution is -2.44. The van der Waals surface area contributed by atoms with Gasteiger partial charge in [0.2, 0.25) is 0 Å². The quantitative estimate of drug-likeness (QED) is 0.850. The molecule has 2 aromatic rings. The highest BCUT2D eigenvalue weighted by atomic mass is 35.5. The molecular formula is C16H18ClN3O3. The topological polar surface area (TPSA) is 84.2 Å². The molecule has 1 amide bonds. The Bertz CT molecular complexity index is 697. The third kappa shape index (κ3) is 4.10. The molecule has 23 heavy (non-hydrogen) atoms. The number of aromatic nitrogens is 2. The number of aliphatic carboxylic acids is 1. The second kappa shape index (κ2) is 7.28. The predicted molar refractivity (Wildman–Crippen MR) is 86.9 cm³/mol. The third-order valence-corrected chi connectivity index (χ3v) is 3.95. The molecule has 2 rings (SSSR count). The molecule has 2 atom stereocenters. The average Bonchev–Trinajstić information content (AvgIpc) is 3.02. The lowest BCUT2D eigenvalue weighted by Gasteiger charge is -2.19. The van der Waals surface area contributed by atoms with Crippen LogP contribution in [0.5, 0.6) is 0 Å². The van der Waals surface area contributed by atoms with E-state index in [1.54, 1.807) is 37.4 Å². The van der Waals surface area contributed by atoms with Gasteiger partial charge in [-0.1, -0.05) is 31.9 Å². The fourth-order valence-electron chi connectivity index (χ4n) is 2.08. The minimum absolute atomic E-state index is 0.164. The van der Waals surface area contributed by atoms with E-state index >= 15 is 0 Å². The molecule has 0 unspecified atom stereocenters. The number of nitrogens with one attached hydrogen (secondary N) is 1. The molecule has 0 radical (unpaired) electrons. The van der Waals surface area contributed by atoms with Crippen LogP contribution in [0.25, 0.3) is 5.69 Å². The summed E-state index contributed by atoms with van der Waals surface area (Å²) < 4.78 is 1.53. The Labute approximate surface area is 139 Å². The molecule has 1 aromatic heterocycles. The maximum atomic E-state index is 12.2. The van der Waals surface area contributed by atoms with Crippen LogP contribution >= 0.6 is 11.6 Å². The number of carbonyl (C=O) groups is 2. The second-order valence-corrected chi connectivity index (χ2v) is 5.76. The van der Waals surface area contributed by atoms with Crippen LogP contribution < -0.4 is 5.32 Å². The minimum atomic E-state index is -1.04. The predicted octanol–water partition coefficient (Wildman–Crippen LogP) is 2.75. The van der Waals surface area contributed by atoms with Crippen LogP contribution in [0.2, 0.25) is 5.02 Å². The van der Waals surface area contributed by atoms with E-state index in [9.17, 15) is 14.7 Å². The number of hydrogen-bond acceptors (Lipinski definition) is 3. The zero-order chi connectivity index (χ0) is 17.0. The molecule has 6 nitrogen and oxygen atoms in total. The van der Waals surface area contributed by atoms with Crippen molar-refractivity contribution in [1.29, 1.82) is 0 Å². The Hall–Kier alpha value is -2.34. The molecule has 7 heteroatoms. The summed E-state index contributed by atoms with van der Waals surface area (Å²) >= 11 is 5.84. The fraction of sp³-hybridized carbons (Fsp3) is 0.312. The van der Waals surface area contributed by atoms with E-state index in [1.165, 1.54) is 10.9 Å². The van der Waals surface area contributed by atoms with Gasteiger partial charge < -0.3 is 10.4 Å². The summed E-state index contributed by atoms with van der Waals surface area (Å²) in [5.74, 6) is -1.67. The van der Waals surface area contributed by atoms with Gasteiger partial charge in [-0.2, -0.15) is 5.10 Å². The van der Waals surface area contributed by atoms with E-state index in [1.807, 2.05) is 6.92 Å². The summed E-state index contributed by atoms with van der Waals surface area (Å²) in [6, 6.07) is 6.07. The molecule has 0 aliphatic heterocycles. The maximum Gasteiger partial charge on any atom is 0.326 e. The van der Waals surface area contributed by atoms with E-state index in [4.69, 9.17) is 11.6 Å². The van der Waals surface area contributed by atoms with Crippen LogP contribution in [0.3, 0.4) is 0 Å². The lowest BCUT2D eigenvalue weighted by molar-refractivity contribution is -0.140. The van der Waals surface area contributed by atoms with Gasteiger partial charge in [-0.15, -0.1) is 0 Å². The average molecular weight is 336 g/mol. The molecule has 122 valence electrons. The first-order valence-corrected chi connectivity index (χ1v) is 7.64. The molecule has 0 aliphatic carbocycles. The van der Waals surface area contributed by atoms with Crippen molar-refractivity contribution in [1.82, 2.24) is 15.1 Å². The fourth-order valence-corrected chi connectivity index (χ4v) is 2.21. The van der Waals surface area contributed by atoms with E-state index in [2.05, 4.69) is 10.4 Å². The molecule has 0 fully saturated rings. The van der Waals surface area contributed by atoms with Crippen molar-refractivity contribution in [3.63, 3.8) is 0 Å². The molecule has 1 heterocycles. The number of hydrogen-bond donors (Lipinski definition) is 2. The van der Waals surface area contributed by atoms with Gasteiger partial charge in [0, 0.05) is 11.2 Å². The van der Waals surface area contributed by atoms with Gasteiger partial charge >= 0.3 is 5.97 Å². The zero-order valence-corrected chi connectivity index (χ0v) is 13.6. The van der Waals surface area contributed by atoms with Crippen LogP contribution in [0, 0.1) is 5.92 Å². The standard InChI is InChI=1S/C16H18ClN3O3/c1-3-10(2)14(16(22)23)19-15(21)11-8-18-20(9-11)13-6-4-12(17)5-7-13/h4-10,14H,3H2,1-2H3,(H,19,21)(H,22,23)/t10-,14-/m0/s1. The van der Waals surface area contributed by atoms with Gasteiger partial charge in [0.25, 0.3) is 5.91 Å². The van der Waals surface area contributed by atoms with Gasteiger partial charge in [0.15, 0.2) is 0 Å². The van der Waals surface area contributed by atoms with Crippen molar-refractivity contribution < 1.29 is 14.7 Å². The van der Waals surface area contributed by atoms with Crippen LogP contribution in [0.15, 0.2) is 36.7 Å². The second-order valence-electron chi connectivity index (χ2n) is 5.32. The molecular weight excluding hydrogens is 318 g/mol. The third-order valence-electron chi connectivity index (χ3n) is 3.70. The first-order valence-electron chi connectivity index (χ1n) is 7.26. The van der Waals surface area contributed by atoms with Gasteiger partial charge in [-0.3, -0.25) is 4.79 Å². The summed E-state index contributed by atoms with van der Waals surface area (Å²) in [6.45, 7) is 3.67. The van der Waals surface area contributed by atoms with Crippen molar-refractivity contribution in [2.75, 3.05) is 0 Å². The van der Waals surface area contributed by atoms with Crippen LogP contribution in [0.1, 0.15) is 30.6 Å². The monoisotopic (exact) mass is 335 g/mol. The van der Waals surface area contributed by atoms with E-state index in [0.717, 1.165) is 5.69 Å². The highest BCUT2D eigenvalue weighted by Crippen LogP contribution is 2.14. The summed E-state index contributed by atoms with van der Waals surface area (Å²) in [4.78, 5) is 23.5. The molecule has 0 saturated heterocycles. The van der Waals surface area contributed by atoms with Crippen molar-refractivity contribution in [2.24, 2.45) is 5.92 Å². The summed E-state index contributed by atoms with van der Waals surface area (Å²) in [6.07, 6.45) is 3.61. The Morgan fingerprint density at radius 3 is 2.57 bits per heavy atom. The molecule has 1 aromatic carbocycles. The summed E-state index contributed by atoms with van der Waals surface area (Å²) in [7, 11) is 0. The summed E-state index contributed by atoms with van der Waals surface area (Å²) in [5.41, 5.74) is 1.06. The van der Waals surface area contributed by atoms with E-state index < -0.39 is 17.9 Å². The van der Waals surface area contributed by atoms with Gasteiger partial charge in [0.1, 0.15) is 6.04 Å². The highest BCUT2D eigenvalue weighted by Gasteiger charge is 2.26. The summed E-state index contributed by atoms with van der Waals surface area (Å²) in [5, 5.41) is 16.5. The number of nitrogens with zero attached hydrogens (tertiary/aromatic N) is 2. The smallest absolute Gasteiger partial charge is 0.326 e. The van der Waals surface area contributed by atoms with E-state index in [-0.39, 0.29) is 5.92 Å². The van der Waals surface area contributed by atoms with Crippen molar-refractivity contribution in [3.05, 3.63) is 47.2 Å². The molecule has 0 bridgehead atoms. The Balaban J connectivity index is 2.14.